The number of hydrogen-bond donors (Lipinski definition) is 1. The first-order valence-corrected chi connectivity index (χ1v) is 3.83. The Labute approximate surface area is 70.1 Å². The van der Waals surface area contributed by atoms with Crippen LogP contribution in [0.4, 0.5) is 0 Å². The standard InChI is InChI=1S/C9H9N3/c1-2-4-8-7-5-3-6-10-9(7)12-11-8/h2-6H,1H3,(H,10,11,12)/b4-2+. The van der Waals surface area contributed by atoms with E-state index in [1.165, 1.54) is 0 Å². The number of nitrogens with zero attached hydrogens (tertiary/aromatic N) is 2. The van der Waals surface area contributed by atoms with Gasteiger partial charge in [0.25, 0.3) is 0 Å². The van der Waals surface area contributed by atoms with E-state index >= 15 is 0 Å². The predicted molar refractivity (Wildman–Crippen MR) is 48.6 cm³/mol. The number of allylic oxidation sites excluding steroid dienone is 1. The average molecular weight is 159 g/mol. The summed E-state index contributed by atoms with van der Waals surface area (Å²) >= 11 is 0. The highest BCUT2D eigenvalue weighted by atomic mass is 15.1. The van der Waals surface area contributed by atoms with Crippen LogP contribution in [-0.2, 0) is 0 Å². The molecule has 0 amide bonds. The van der Waals surface area contributed by atoms with Gasteiger partial charge in [-0.05, 0) is 25.1 Å². The van der Waals surface area contributed by atoms with Crippen LogP contribution in [0.15, 0.2) is 24.4 Å². The number of pyridine rings is 1. The molecule has 12 heavy (non-hydrogen) atoms. The molecule has 0 saturated carbocycles. The Hall–Kier alpha value is -1.64. The van der Waals surface area contributed by atoms with Crippen molar-refractivity contribution in [2.45, 2.75) is 6.92 Å². The van der Waals surface area contributed by atoms with Crippen LogP contribution in [0.2, 0.25) is 0 Å². The second-order valence-electron chi connectivity index (χ2n) is 2.51. The van der Waals surface area contributed by atoms with Crippen LogP contribution < -0.4 is 0 Å². The number of H-pyrrole nitrogens is 1. The first-order valence-electron chi connectivity index (χ1n) is 3.83. The molecule has 2 aromatic rings. The monoisotopic (exact) mass is 159 g/mol. The fourth-order valence-electron chi connectivity index (χ4n) is 1.16. The number of aromatic amines is 1. The van der Waals surface area contributed by atoms with E-state index in [1.807, 2.05) is 31.2 Å². The van der Waals surface area contributed by atoms with Gasteiger partial charge in [-0.2, -0.15) is 5.10 Å². The molecule has 3 heteroatoms. The zero-order chi connectivity index (χ0) is 8.39. The van der Waals surface area contributed by atoms with Crippen molar-refractivity contribution in [3.63, 3.8) is 0 Å². The molecule has 3 nitrogen and oxygen atoms in total. The first kappa shape index (κ1) is 7.03. The highest BCUT2D eigenvalue weighted by molar-refractivity contribution is 5.83. The summed E-state index contributed by atoms with van der Waals surface area (Å²) in [5, 5.41) is 8.04. The molecule has 0 aliphatic heterocycles. The maximum absolute atomic E-state index is 4.13. The van der Waals surface area contributed by atoms with Crippen molar-refractivity contribution in [2.75, 3.05) is 0 Å². The smallest absolute Gasteiger partial charge is 0.155 e. The molecule has 1 N–H and O–H groups in total. The summed E-state index contributed by atoms with van der Waals surface area (Å²) in [7, 11) is 0. The van der Waals surface area contributed by atoms with Gasteiger partial charge < -0.3 is 0 Å². The Balaban J connectivity index is 2.70. The van der Waals surface area contributed by atoms with E-state index in [4.69, 9.17) is 0 Å². The minimum Gasteiger partial charge on any atom is -0.260 e. The van der Waals surface area contributed by atoms with E-state index in [9.17, 15) is 0 Å². The molecule has 2 heterocycles. The summed E-state index contributed by atoms with van der Waals surface area (Å²) in [4.78, 5) is 4.13. The van der Waals surface area contributed by atoms with E-state index < -0.39 is 0 Å². The third kappa shape index (κ3) is 0.993. The molecule has 0 bridgehead atoms. The van der Waals surface area contributed by atoms with Gasteiger partial charge >= 0.3 is 0 Å². The SMILES string of the molecule is C/C=C/c1n[nH]c2ncccc12. The number of rotatable bonds is 1. The van der Waals surface area contributed by atoms with Gasteiger partial charge in [0.05, 0.1) is 5.69 Å². The van der Waals surface area contributed by atoms with Crippen molar-refractivity contribution in [3.05, 3.63) is 30.1 Å². The third-order valence-electron chi connectivity index (χ3n) is 1.69. The van der Waals surface area contributed by atoms with E-state index in [1.54, 1.807) is 6.20 Å². The molecule has 0 atom stereocenters. The zero-order valence-corrected chi connectivity index (χ0v) is 6.78. The van der Waals surface area contributed by atoms with Crippen molar-refractivity contribution in [3.8, 4) is 0 Å². The lowest BCUT2D eigenvalue weighted by atomic mass is 10.2. The van der Waals surface area contributed by atoms with Crippen LogP contribution in [0.1, 0.15) is 12.6 Å². The average Bonchev–Trinajstić information content (AvgIpc) is 2.50. The van der Waals surface area contributed by atoms with E-state index in [0.29, 0.717) is 0 Å². The molecule has 60 valence electrons. The molecule has 2 rings (SSSR count). The quantitative estimate of drug-likeness (QED) is 0.691. The first-order chi connectivity index (χ1) is 5.92. The van der Waals surface area contributed by atoms with Gasteiger partial charge in [-0.1, -0.05) is 6.08 Å². The third-order valence-corrected chi connectivity index (χ3v) is 1.69. The van der Waals surface area contributed by atoms with Gasteiger partial charge in [-0.3, -0.25) is 5.10 Å². The van der Waals surface area contributed by atoms with E-state index in [-0.39, 0.29) is 0 Å². The Morgan fingerprint density at radius 1 is 1.50 bits per heavy atom. The van der Waals surface area contributed by atoms with Crippen LogP contribution in [0.3, 0.4) is 0 Å². The van der Waals surface area contributed by atoms with Crippen molar-refractivity contribution >= 4 is 17.1 Å². The predicted octanol–water partition coefficient (Wildman–Crippen LogP) is 1.99. The minimum atomic E-state index is 0.839. The molecule has 0 unspecified atom stereocenters. The van der Waals surface area contributed by atoms with E-state index in [0.717, 1.165) is 16.7 Å². The molecule has 0 radical (unpaired) electrons. The number of hydrogen-bond acceptors (Lipinski definition) is 2. The fraction of sp³-hybridized carbons (Fsp3) is 0.111. The number of fused-ring (bicyclic) bond motifs is 1. The molecular weight excluding hydrogens is 150 g/mol. The normalized spacial score (nSPS) is 11.4. The van der Waals surface area contributed by atoms with Crippen LogP contribution >= 0.6 is 0 Å². The maximum atomic E-state index is 4.13. The Morgan fingerprint density at radius 2 is 2.42 bits per heavy atom. The van der Waals surface area contributed by atoms with Gasteiger partial charge in [0.15, 0.2) is 5.65 Å². The van der Waals surface area contributed by atoms with Crippen LogP contribution in [0, 0.1) is 0 Å². The van der Waals surface area contributed by atoms with Crippen molar-refractivity contribution in [1.29, 1.82) is 0 Å². The fourth-order valence-corrected chi connectivity index (χ4v) is 1.16. The van der Waals surface area contributed by atoms with Gasteiger partial charge in [0, 0.05) is 11.6 Å². The Kier molecular flexibility index (Phi) is 1.63. The molecule has 0 aliphatic rings. The van der Waals surface area contributed by atoms with Crippen molar-refractivity contribution in [1.82, 2.24) is 15.2 Å². The van der Waals surface area contributed by atoms with Crippen LogP contribution in [0.5, 0.6) is 0 Å². The number of nitrogens with one attached hydrogen (secondary N) is 1. The van der Waals surface area contributed by atoms with Gasteiger partial charge in [0.1, 0.15) is 0 Å². The molecule has 0 aromatic carbocycles. The minimum absolute atomic E-state index is 0.839. The van der Waals surface area contributed by atoms with Gasteiger partial charge in [-0.25, -0.2) is 4.98 Å². The Morgan fingerprint density at radius 3 is 3.25 bits per heavy atom. The lowest BCUT2D eigenvalue weighted by Crippen LogP contribution is -1.72. The summed E-state index contributed by atoms with van der Waals surface area (Å²) < 4.78 is 0. The molecule has 0 spiro atoms. The summed E-state index contributed by atoms with van der Waals surface area (Å²) in [6, 6.07) is 3.91. The maximum Gasteiger partial charge on any atom is 0.155 e. The van der Waals surface area contributed by atoms with Gasteiger partial charge in [-0.15, -0.1) is 0 Å². The summed E-state index contributed by atoms with van der Waals surface area (Å²) in [6.07, 6.45) is 5.67. The van der Waals surface area contributed by atoms with E-state index in [2.05, 4.69) is 15.2 Å². The lowest BCUT2D eigenvalue weighted by molar-refractivity contribution is 1.09. The topological polar surface area (TPSA) is 41.6 Å². The van der Waals surface area contributed by atoms with Gasteiger partial charge in [0.2, 0.25) is 0 Å². The molecular formula is C9H9N3. The van der Waals surface area contributed by atoms with Crippen LogP contribution in [0.25, 0.3) is 17.1 Å². The summed E-state index contributed by atoms with van der Waals surface area (Å²) in [6.45, 7) is 1.97. The lowest BCUT2D eigenvalue weighted by Gasteiger charge is -1.85. The Bertz CT molecular complexity index is 414. The van der Waals surface area contributed by atoms with Crippen LogP contribution in [-0.4, -0.2) is 15.2 Å². The second-order valence-corrected chi connectivity index (χ2v) is 2.51. The molecule has 2 aromatic heterocycles. The molecule has 0 fully saturated rings. The summed E-state index contributed by atoms with van der Waals surface area (Å²) in [5.74, 6) is 0. The second kappa shape index (κ2) is 2.77. The molecule has 0 saturated heterocycles. The van der Waals surface area contributed by atoms with Crippen molar-refractivity contribution < 1.29 is 0 Å². The zero-order valence-electron chi connectivity index (χ0n) is 6.78. The summed E-state index contributed by atoms with van der Waals surface area (Å²) in [5.41, 5.74) is 1.78. The number of aromatic nitrogens is 3. The highest BCUT2D eigenvalue weighted by Crippen LogP contribution is 2.13. The van der Waals surface area contributed by atoms with Crippen molar-refractivity contribution in [2.24, 2.45) is 0 Å². The largest absolute Gasteiger partial charge is 0.260 e. The molecule has 0 aliphatic carbocycles. The highest BCUT2D eigenvalue weighted by Gasteiger charge is 2.00.